The van der Waals surface area contributed by atoms with Crippen molar-refractivity contribution in [1.29, 1.82) is 0 Å². The molecule has 1 aromatic heterocycles. The molecule has 2 fully saturated rings. The van der Waals surface area contributed by atoms with Crippen LogP contribution in [0.15, 0.2) is 54.7 Å². The molecule has 5 nitrogen and oxygen atoms in total. The van der Waals surface area contributed by atoms with E-state index in [0.717, 1.165) is 45.2 Å². The van der Waals surface area contributed by atoms with Gasteiger partial charge in [0, 0.05) is 31.4 Å². The van der Waals surface area contributed by atoms with Crippen LogP contribution in [0.5, 0.6) is 0 Å². The van der Waals surface area contributed by atoms with Gasteiger partial charge in [-0.15, -0.1) is 0 Å². The van der Waals surface area contributed by atoms with E-state index in [9.17, 15) is 9.59 Å². The number of hydrogen-bond donors (Lipinski definition) is 0. The minimum Gasteiger partial charge on any atom is -0.342 e. The Bertz CT molecular complexity index is 865. The van der Waals surface area contributed by atoms with Crippen LogP contribution in [0.2, 0.25) is 0 Å². The first-order chi connectivity index (χ1) is 15.2. The highest BCUT2D eigenvalue weighted by Crippen LogP contribution is 2.36. The lowest BCUT2D eigenvalue weighted by Crippen LogP contribution is -2.51. The van der Waals surface area contributed by atoms with E-state index in [1.165, 1.54) is 5.56 Å². The van der Waals surface area contributed by atoms with Gasteiger partial charge in [0.1, 0.15) is 5.69 Å². The lowest BCUT2D eigenvalue weighted by molar-refractivity contribution is -0.130. The van der Waals surface area contributed by atoms with Gasteiger partial charge in [0.15, 0.2) is 0 Å². The van der Waals surface area contributed by atoms with Crippen LogP contribution in [-0.2, 0) is 11.2 Å². The van der Waals surface area contributed by atoms with Crippen LogP contribution in [-0.4, -0.2) is 63.8 Å². The smallest absolute Gasteiger partial charge is 0.272 e. The highest BCUT2D eigenvalue weighted by molar-refractivity contribution is 7.99. The zero-order valence-electron chi connectivity index (χ0n) is 18.2. The van der Waals surface area contributed by atoms with Crippen LogP contribution in [0.25, 0.3) is 0 Å². The van der Waals surface area contributed by atoms with E-state index in [2.05, 4.69) is 34.1 Å². The maximum absolute atomic E-state index is 13.6. The number of aromatic nitrogens is 1. The fourth-order valence-corrected chi connectivity index (χ4v) is 5.09. The normalized spacial score (nSPS) is 17.9. The maximum atomic E-state index is 13.6. The number of likely N-dealkylation sites (tertiary alicyclic amines) is 1. The number of benzene rings is 1. The van der Waals surface area contributed by atoms with Gasteiger partial charge in [-0.05, 0) is 62.0 Å². The third-order valence-electron chi connectivity index (χ3n) is 6.41. The van der Waals surface area contributed by atoms with Crippen molar-refractivity contribution in [2.24, 2.45) is 5.92 Å². The number of piperidine rings is 1. The molecule has 1 atom stereocenters. The van der Waals surface area contributed by atoms with Gasteiger partial charge in [-0.3, -0.25) is 14.6 Å². The zero-order valence-corrected chi connectivity index (χ0v) is 19.0. The minimum absolute atomic E-state index is 0.0462. The summed E-state index contributed by atoms with van der Waals surface area (Å²) < 4.78 is 0. The third-order valence-corrected chi connectivity index (χ3v) is 6.94. The molecule has 1 aliphatic heterocycles. The molecule has 6 heteroatoms. The number of thioether (sulfide) groups is 1. The number of amides is 2. The summed E-state index contributed by atoms with van der Waals surface area (Å²) in [6.07, 6.45) is 8.52. The zero-order chi connectivity index (χ0) is 21.6. The molecule has 0 N–H and O–H groups in total. The molecule has 1 saturated carbocycles. The molecule has 2 aliphatic rings. The van der Waals surface area contributed by atoms with Gasteiger partial charge in [0.05, 0.1) is 5.75 Å². The fraction of sp³-hybridized carbons (Fsp3) is 0.480. The Labute approximate surface area is 189 Å². The monoisotopic (exact) mass is 437 g/mol. The number of hydrogen-bond acceptors (Lipinski definition) is 4. The van der Waals surface area contributed by atoms with Gasteiger partial charge in [-0.25, -0.2) is 0 Å². The Morgan fingerprint density at radius 1 is 1.06 bits per heavy atom. The fourth-order valence-electron chi connectivity index (χ4n) is 4.66. The lowest BCUT2D eigenvalue weighted by Gasteiger charge is -2.41. The number of rotatable bonds is 8. The Kier molecular flexibility index (Phi) is 7.28. The van der Waals surface area contributed by atoms with Crippen LogP contribution in [0, 0.1) is 5.92 Å². The second-order valence-corrected chi connectivity index (χ2v) is 9.43. The van der Waals surface area contributed by atoms with Gasteiger partial charge in [-0.2, -0.15) is 11.8 Å². The number of carbonyl (C=O) groups excluding carboxylic acids is 2. The standard InChI is InChI=1S/C25H31N3O2S/c1-31-18-24(29)27-15-12-20(13-16-27)23(17-19-7-3-2-4-8-19)28(21-10-11-21)25(30)22-9-5-6-14-26-22/h2-9,14,20-21,23H,10-13,15-18H2,1H3/t23-/m0/s1. The molecule has 0 bridgehead atoms. The molecule has 2 heterocycles. The largest absolute Gasteiger partial charge is 0.342 e. The van der Waals surface area contributed by atoms with Gasteiger partial charge in [0.25, 0.3) is 5.91 Å². The summed E-state index contributed by atoms with van der Waals surface area (Å²) in [4.78, 5) is 34.4. The van der Waals surface area contributed by atoms with E-state index in [1.54, 1.807) is 18.0 Å². The minimum atomic E-state index is 0.0462. The average molecular weight is 438 g/mol. The maximum Gasteiger partial charge on any atom is 0.272 e. The van der Waals surface area contributed by atoms with Crippen molar-refractivity contribution in [2.45, 2.75) is 44.2 Å². The molecule has 2 aromatic rings. The number of nitrogens with zero attached hydrogens (tertiary/aromatic N) is 3. The van der Waals surface area contributed by atoms with Gasteiger partial charge in [0.2, 0.25) is 5.91 Å². The number of pyridine rings is 1. The van der Waals surface area contributed by atoms with Crippen molar-refractivity contribution in [2.75, 3.05) is 25.1 Å². The van der Waals surface area contributed by atoms with E-state index in [-0.39, 0.29) is 17.9 Å². The van der Waals surface area contributed by atoms with Crippen molar-refractivity contribution >= 4 is 23.6 Å². The summed E-state index contributed by atoms with van der Waals surface area (Å²) in [5.74, 6) is 1.20. The molecular weight excluding hydrogens is 406 g/mol. The molecule has 0 radical (unpaired) electrons. The second kappa shape index (κ2) is 10.3. The molecule has 2 amide bonds. The first kappa shape index (κ1) is 21.9. The molecule has 31 heavy (non-hydrogen) atoms. The van der Waals surface area contributed by atoms with Crippen LogP contribution >= 0.6 is 11.8 Å². The third kappa shape index (κ3) is 5.48. The van der Waals surface area contributed by atoms with Crippen molar-refractivity contribution in [1.82, 2.24) is 14.8 Å². The summed E-state index contributed by atoms with van der Waals surface area (Å²) in [5, 5.41) is 0. The topological polar surface area (TPSA) is 53.5 Å². The molecule has 164 valence electrons. The van der Waals surface area contributed by atoms with Gasteiger partial charge in [-0.1, -0.05) is 36.4 Å². The highest BCUT2D eigenvalue weighted by Gasteiger charge is 2.42. The van der Waals surface area contributed by atoms with Crippen LogP contribution in [0.3, 0.4) is 0 Å². The molecule has 1 aromatic carbocycles. The molecule has 1 saturated heterocycles. The van der Waals surface area contributed by atoms with Crippen molar-refractivity contribution in [3.05, 3.63) is 66.0 Å². The predicted molar refractivity (Wildman–Crippen MR) is 125 cm³/mol. The van der Waals surface area contributed by atoms with E-state index in [4.69, 9.17) is 0 Å². The molecule has 0 spiro atoms. The van der Waals surface area contributed by atoms with E-state index in [0.29, 0.717) is 23.4 Å². The van der Waals surface area contributed by atoms with Gasteiger partial charge < -0.3 is 9.80 Å². The molecule has 0 unspecified atom stereocenters. The summed E-state index contributed by atoms with van der Waals surface area (Å²) >= 11 is 1.58. The molecule has 1 aliphatic carbocycles. The first-order valence-corrected chi connectivity index (χ1v) is 12.6. The molecular formula is C25H31N3O2S. The second-order valence-electron chi connectivity index (χ2n) is 8.57. The Hall–Kier alpha value is -2.34. The summed E-state index contributed by atoms with van der Waals surface area (Å²) in [6.45, 7) is 1.57. The molecule has 4 rings (SSSR count). The lowest BCUT2D eigenvalue weighted by atomic mass is 9.84. The highest BCUT2D eigenvalue weighted by atomic mass is 32.2. The Balaban J connectivity index is 1.56. The van der Waals surface area contributed by atoms with Crippen molar-refractivity contribution in [3.63, 3.8) is 0 Å². The van der Waals surface area contributed by atoms with Crippen LogP contribution in [0.1, 0.15) is 41.7 Å². The SMILES string of the molecule is CSCC(=O)N1CCC([C@H](Cc2ccccc2)N(C(=O)c2ccccn2)C2CC2)CC1. The van der Waals surface area contributed by atoms with E-state index < -0.39 is 0 Å². The quantitative estimate of drug-likeness (QED) is 0.629. The summed E-state index contributed by atoms with van der Waals surface area (Å²) in [6, 6.07) is 16.5. The Morgan fingerprint density at radius 2 is 1.77 bits per heavy atom. The van der Waals surface area contributed by atoms with Crippen LogP contribution < -0.4 is 0 Å². The predicted octanol–water partition coefficient (Wildman–Crippen LogP) is 3.90. The van der Waals surface area contributed by atoms with E-state index in [1.807, 2.05) is 35.4 Å². The van der Waals surface area contributed by atoms with Crippen molar-refractivity contribution < 1.29 is 9.59 Å². The van der Waals surface area contributed by atoms with Crippen LogP contribution in [0.4, 0.5) is 0 Å². The van der Waals surface area contributed by atoms with E-state index >= 15 is 0 Å². The summed E-state index contributed by atoms with van der Waals surface area (Å²) in [7, 11) is 0. The Morgan fingerprint density at radius 3 is 2.39 bits per heavy atom. The number of carbonyl (C=O) groups is 2. The van der Waals surface area contributed by atoms with Crippen molar-refractivity contribution in [3.8, 4) is 0 Å². The summed E-state index contributed by atoms with van der Waals surface area (Å²) in [5.41, 5.74) is 1.79. The van der Waals surface area contributed by atoms with Gasteiger partial charge >= 0.3 is 0 Å². The first-order valence-electron chi connectivity index (χ1n) is 11.2. The average Bonchev–Trinajstić information content (AvgIpc) is 3.65.